The lowest BCUT2D eigenvalue weighted by Crippen LogP contribution is -2.78. The van der Waals surface area contributed by atoms with Crippen molar-refractivity contribution in [1.82, 2.24) is 25.3 Å². The fraction of sp³-hybridized carbons (Fsp3) is 0.560. The topological polar surface area (TPSA) is 215 Å². The number of hydrogen-bond donors (Lipinski definition) is 6. The zero-order valence-electron chi connectivity index (χ0n) is 22.4. The van der Waals surface area contributed by atoms with E-state index >= 15 is 0 Å². The number of anilines is 1. The van der Waals surface area contributed by atoms with Crippen LogP contribution < -0.4 is 31.7 Å². The molecule has 0 aromatic heterocycles. The average molecular weight is 569 g/mol. The first-order valence-electron chi connectivity index (χ1n) is 13.6. The maximum atomic E-state index is 13.5. The summed E-state index contributed by atoms with van der Waals surface area (Å²) in [5.41, 5.74) is 11.6. The predicted molar refractivity (Wildman–Crippen MR) is 144 cm³/mol. The molecule has 1 aliphatic carbocycles. The number of amides is 4. The van der Waals surface area contributed by atoms with Gasteiger partial charge in [0, 0.05) is 19.6 Å². The van der Waals surface area contributed by atoms with Crippen LogP contribution >= 0.6 is 0 Å². The molecule has 41 heavy (non-hydrogen) atoms. The number of nitrogens with zero attached hydrogens (tertiary/aromatic N) is 6. The summed E-state index contributed by atoms with van der Waals surface area (Å²) in [4.78, 5) is 54.2. The summed E-state index contributed by atoms with van der Waals surface area (Å²) in [5, 5.41) is 29.1. The molecule has 5 heterocycles. The van der Waals surface area contributed by atoms with Crippen molar-refractivity contribution in [3.05, 3.63) is 23.8 Å². The summed E-state index contributed by atoms with van der Waals surface area (Å²) in [6, 6.07) is 1.56. The first-order chi connectivity index (χ1) is 19.5. The van der Waals surface area contributed by atoms with Gasteiger partial charge in [-0.25, -0.2) is 14.8 Å². The maximum absolute atomic E-state index is 13.5. The minimum atomic E-state index is -2.66. The van der Waals surface area contributed by atoms with Crippen molar-refractivity contribution in [3.8, 4) is 5.75 Å². The van der Waals surface area contributed by atoms with Gasteiger partial charge in [0.05, 0.1) is 30.4 Å². The van der Waals surface area contributed by atoms with Crippen LogP contribution in [0.15, 0.2) is 28.2 Å². The molecule has 7 rings (SSSR count). The van der Waals surface area contributed by atoms with E-state index in [4.69, 9.17) is 16.2 Å². The molecule has 1 aromatic carbocycles. The van der Waals surface area contributed by atoms with Gasteiger partial charge in [-0.15, -0.1) is 0 Å². The molecule has 2 saturated heterocycles. The van der Waals surface area contributed by atoms with Crippen molar-refractivity contribution in [1.29, 1.82) is 0 Å². The van der Waals surface area contributed by atoms with Crippen molar-refractivity contribution in [2.24, 2.45) is 21.5 Å². The molecule has 3 fully saturated rings. The number of hydrogen-bond acceptors (Lipinski definition) is 13. The van der Waals surface area contributed by atoms with Crippen LogP contribution in [-0.2, 0) is 4.79 Å². The van der Waals surface area contributed by atoms with E-state index < -0.39 is 41.5 Å². The highest BCUT2D eigenvalue weighted by Gasteiger charge is 2.73. The Bertz CT molecular complexity index is 1410. The summed E-state index contributed by atoms with van der Waals surface area (Å²) < 4.78 is 5.79. The Labute approximate surface area is 234 Å². The monoisotopic (exact) mass is 568 g/mol. The SMILES string of the molecule is CN1CCOc2c(C(=O)NC3CN4C(N)=N[C@@H](CN5C(=O)CN(C6CC6)C5=O)[C@@H]5N=C(N)NC54C3(O)O)cccc21. The predicted octanol–water partition coefficient (Wildman–Crippen LogP) is -3.28. The second kappa shape index (κ2) is 8.59. The number of imide groups is 1. The highest BCUT2D eigenvalue weighted by atomic mass is 16.5. The van der Waals surface area contributed by atoms with Gasteiger partial charge in [-0.3, -0.25) is 14.5 Å². The van der Waals surface area contributed by atoms with Crippen LogP contribution in [0.3, 0.4) is 0 Å². The Balaban J connectivity index is 1.17. The quantitative estimate of drug-likeness (QED) is 0.153. The van der Waals surface area contributed by atoms with E-state index in [9.17, 15) is 24.6 Å². The number of likely N-dealkylation sites (N-methyl/N-ethyl adjacent to an activating group) is 1. The fourth-order valence-corrected chi connectivity index (χ4v) is 6.63. The fourth-order valence-electron chi connectivity index (χ4n) is 6.63. The number of rotatable bonds is 5. The molecule has 4 atom stereocenters. The molecular formula is C25H32N10O6. The largest absolute Gasteiger partial charge is 0.489 e. The molecular weight excluding hydrogens is 536 g/mol. The summed E-state index contributed by atoms with van der Waals surface area (Å²) in [5.74, 6) is -3.38. The van der Waals surface area contributed by atoms with Crippen molar-refractivity contribution in [2.75, 3.05) is 44.7 Å². The molecule has 1 aromatic rings. The second-order valence-corrected chi connectivity index (χ2v) is 11.3. The number of guanidine groups is 2. The Morgan fingerprint density at radius 2 is 2.02 bits per heavy atom. The standard InChI is InChI=1S/C25H32N10O6/c1-32-7-8-41-18-13(3-2-4-15(18)32)20(37)29-16-10-35-22(27)28-14(19-24(35,25(16,39)40)31-21(26)30-19)9-34-17(36)11-33(23(34)38)12-5-6-12/h2-4,12,14,16,19,39-40H,5-11H2,1H3,(H2,27,28)(H,29,37)(H3,26,30,31)/t14-,16?,19-,24?/m0/s1. The number of nitrogens with one attached hydrogen (secondary N) is 2. The van der Waals surface area contributed by atoms with Gasteiger partial charge < -0.3 is 51.8 Å². The number of ether oxygens (including phenoxy) is 1. The van der Waals surface area contributed by atoms with Gasteiger partial charge in [0.15, 0.2) is 23.3 Å². The third-order valence-corrected chi connectivity index (χ3v) is 8.87. The lowest BCUT2D eigenvalue weighted by molar-refractivity contribution is -0.230. The molecule has 1 saturated carbocycles. The van der Waals surface area contributed by atoms with E-state index in [0.29, 0.717) is 18.9 Å². The molecule has 0 bridgehead atoms. The molecule has 5 aliphatic heterocycles. The highest BCUT2D eigenvalue weighted by Crippen LogP contribution is 2.45. The van der Waals surface area contributed by atoms with Crippen molar-refractivity contribution < 1.29 is 29.3 Å². The summed E-state index contributed by atoms with van der Waals surface area (Å²) in [6.45, 7) is 0.737. The Kier molecular flexibility index (Phi) is 5.38. The zero-order valence-corrected chi connectivity index (χ0v) is 22.4. The van der Waals surface area contributed by atoms with Crippen LogP contribution in [0.5, 0.6) is 5.75 Å². The number of aliphatic imine (C=N–C) groups is 2. The molecule has 1 spiro atoms. The Hall–Kier alpha value is -4.31. The number of urea groups is 1. The number of fused-ring (bicyclic) bond motifs is 1. The van der Waals surface area contributed by atoms with E-state index in [1.165, 1.54) is 9.80 Å². The van der Waals surface area contributed by atoms with Crippen LogP contribution in [0, 0.1) is 0 Å². The number of carbonyl (C=O) groups is 3. The van der Waals surface area contributed by atoms with Crippen LogP contribution in [0.25, 0.3) is 0 Å². The minimum Gasteiger partial charge on any atom is -0.489 e. The molecule has 0 radical (unpaired) electrons. The Morgan fingerprint density at radius 3 is 2.78 bits per heavy atom. The molecule has 6 aliphatic rings. The second-order valence-electron chi connectivity index (χ2n) is 11.3. The normalized spacial score (nSPS) is 31.6. The summed E-state index contributed by atoms with van der Waals surface area (Å²) in [6.07, 6.45) is 1.71. The van der Waals surface area contributed by atoms with Gasteiger partial charge in [0.2, 0.25) is 11.7 Å². The van der Waals surface area contributed by atoms with Gasteiger partial charge in [-0.05, 0) is 25.0 Å². The Morgan fingerprint density at radius 1 is 1.24 bits per heavy atom. The van der Waals surface area contributed by atoms with E-state index in [0.717, 1.165) is 23.4 Å². The minimum absolute atomic E-state index is 0.0122. The van der Waals surface area contributed by atoms with E-state index in [1.807, 2.05) is 18.0 Å². The highest BCUT2D eigenvalue weighted by molar-refractivity contribution is 6.02. The average Bonchev–Trinajstić information content (AvgIpc) is 3.60. The lowest BCUT2D eigenvalue weighted by atomic mass is 9.84. The number of carbonyl (C=O) groups excluding carboxylic acids is 3. The molecule has 218 valence electrons. The van der Waals surface area contributed by atoms with Crippen LogP contribution in [0.2, 0.25) is 0 Å². The van der Waals surface area contributed by atoms with Crippen molar-refractivity contribution in [2.45, 2.75) is 48.5 Å². The third kappa shape index (κ3) is 3.56. The number of para-hydroxylation sites is 1. The van der Waals surface area contributed by atoms with Gasteiger partial charge >= 0.3 is 6.03 Å². The smallest absolute Gasteiger partial charge is 0.327 e. The van der Waals surface area contributed by atoms with Gasteiger partial charge in [-0.2, -0.15) is 0 Å². The summed E-state index contributed by atoms with van der Waals surface area (Å²) >= 11 is 0. The van der Waals surface area contributed by atoms with E-state index in [2.05, 4.69) is 20.6 Å². The number of benzene rings is 1. The van der Waals surface area contributed by atoms with Gasteiger partial charge in [0.1, 0.15) is 25.2 Å². The zero-order chi connectivity index (χ0) is 28.8. The van der Waals surface area contributed by atoms with Crippen molar-refractivity contribution in [3.63, 3.8) is 0 Å². The number of nitrogens with two attached hydrogens (primary N) is 2. The van der Waals surface area contributed by atoms with E-state index in [-0.39, 0.29) is 49.1 Å². The molecule has 8 N–H and O–H groups in total. The van der Waals surface area contributed by atoms with Crippen LogP contribution in [-0.4, -0.2) is 130 Å². The van der Waals surface area contributed by atoms with Crippen LogP contribution in [0.1, 0.15) is 23.2 Å². The maximum Gasteiger partial charge on any atom is 0.327 e. The van der Waals surface area contributed by atoms with Crippen molar-refractivity contribution >= 4 is 35.5 Å². The molecule has 2 unspecified atom stereocenters. The molecule has 16 heteroatoms. The summed E-state index contributed by atoms with van der Waals surface area (Å²) in [7, 11) is 1.89. The van der Waals surface area contributed by atoms with Crippen LogP contribution in [0.4, 0.5) is 10.5 Å². The number of aliphatic hydroxyl groups is 2. The molecule has 16 nitrogen and oxygen atoms in total. The lowest BCUT2D eigenvalue weighted by Gasteiger charge is -2.49. The van der Waals surface area contributed by atoms with Gasteiger partial charge in [0.25, 0.3) is 5.91 Å². The first kappa shape index (κ1) is 25.6. The molecule has 4 amide bonds. The van der Waals surface area contributed by atoms with Gasteiger partial charge in [-0.1, -0.05) is 6.07 Å². The third-order valence-electron chi connectivity index (χ3n) is 8.87. The first-order valence-corrected chi connectivity index (χ1v) is 13.6. The van der Waals surface area contributed by atoms with E-state index in [1.54, 1.807) is 12.1 Å².